The molecule has 0 radical (unpaired) electrons. The number of unbranched alkanes of at least 4 members (excludes halogenated alkanes) is 7. The number of aromatic nitrogens is 1. The molecule has 96 valence electrons. The summed E-state index contributed by atoms with van der Waals surface area (Å²) < 4.78 is 1.32. The quantitative estimate of drug-likeness (QED) is 0.323. The Morgan fingerprint density at radius 2 is 1.47 bits per heavy atom. The predicted molar refractivity (Wildman–Crippen MR) is 83.8 cm³/mol. The lowest BCUT2D eigenvalue weighted by Crippen LogP contribution is -1.89. The van der Waals surface area contributed by atoms with Crippen LogP contribution in [0.3, 0.4) is 0 Å². The molecule has 0 unspecified atom stereocenters. The molecule has 0 fully saturated rings. The Morgan fingerprint density at radius 1 is 0.824 bits per heavy atom. The summed E-state index contributed by atoms with van der Waals surface area (Å²) in [6, 6.07) is 6.19. The van der Waals surface area contributed by atoms with Gasteiger partial charge < -0.3 is 0 Å². The maximum atomic E-state index is 4.35. The van der Waals surface area contributed by atoms with E-state index in [-0.39, 0.29) is 0 Å². The minimum absolute atomic E-state index is 1.15. The van der Waals surface area contributed by atoms with Crippen LogP contribution in [0.25, 0.3) is 0 Å². The average molecular weight is 345 g/mol. The highest BCUT2D eigenvalue weighted by atomic mass is 127. The molecule has 0 N–H and O–H groups in total. The summed E-state index contributed by atoms with van der Waals surface area (Å²) in [6.45, 7) is 0. The first-order valence-electron chi connectivity index (χ1n) is 6.89. The molecular weight excluding hydrogens is 321 g/mol. The van der Waals surface area contributed by atoms with Crippen molar-refractivity contribution >= 4 is 22.6 Å². The van der Waals surface area contributed by atoms with E-state index in [0.717, 1.165) is 6.42 Å². The van der Waals surface area contributed by atoms with Crippen molar-refractivity contribution in [3.63, 3.8) is 0 Å². The molecule has 0 aliphatic rings. The van der Waals surface area contributed by atoms with Gasteiger partial charge in [-0.25, -0.2) is 0 Å². The van der Waals surface area contributed by atoms with Gasteiger partial charge in [0.25, 0.3) is 0 Å². The molecular formula is C15H24IN. The number of halogens is 1. The molecule has 1 aromatic heterocycles. The molecule has 0 bridgehead atoms. The van der Waals surface area contributed by atoms with E-state index in [1.807, 2.05) is 12.3 Å². The van der Waals surface area contributed by atoms with Crippen LogP contribution in [0.15, 0.2) is 24.4 Å². The summed E-state index contributed by atoms with van der Waals surface area (Å²) in [4.78, 5) is 4.35. The van der Waals surface area contributed by atoms with Gasteiger partial charge in [0.2, 0.25) is 0 Å². The predicted octanol–water partition coefficient (Wildman–Crippen LogP) is 5.18. The zero-order valence-electron chi connectivity index (χ0n) is 10.7. The molecule has 0 aliphatic heterocycles. The van der Waals surface area contributed by atoms with E-state index in [9.17, 15) is 0 Å². The number of pyridine rings is 1. The molecule has 0 aromatic carbocycles. The first kappa shape index (κ1) is 14.9. The summed E-state index contributed by atoms with van der Waals surface area (Å²) in [5.41, 5.74) is 1.24. The second kappa shape index (κ2) is 11.0. The molecule has 1 nitrogen and oxygen atoms in total. The van der Waals surface area contributed by atoms with Crippen LogP contribution in [0.2, 0.25) is 0 Å². The van der Waals surface area contributed by atoms with Crippen LogP contribution < -0.4 is 0 Å². The molecule has 0 aliphatic carbocycles. The van der Waals surface area contributed by atoms with Crippen LogP contribution in [0.4, 0.5) is 0 Å². The van der Waals surface area contributed by atoms with Crippen LogP contribution in [0.1, 0.15) is 57.1 Å². The number of rotatable bonds is 10. The fourth-order valence-electron chi connectivity index (χ4n) is 2.01. The lowest BCUT2D eigenvalue weighted by molar-refractivity contribution is 0.576. The number of alkyl halides is 1. The molecule has 2 heteroatoms. The van der Waals surface area contributed by atoms with Gasteiger partial charge in [0.1, 0.15) is 0 Å². The first-order valence-corrected chi connectivity index (χ1v) is 8.42. The minimum atomic E-state index is 1.15. The summed E-state index contributed by atoms with van der Waals surface area (Å²) in [5, 5.41) is 0. The second-order valence-electron chi connectivity index (χ2n) is 4.59. The normalized spacial score (nSPS) is 10.6. The van der Waals surface area contributed by atoms with Crippen LogP contribution in [-0.4, -0.2) is 9.41 Å². The molecule has 1 heterocycles. The Labute approximate surface area is 120 Å². The topological polar surface area (TPSA) is 12.9 Å². The smallest absolute Gasteiger partial charge is 0.0403 e. The number of hydrogen-bond acceptors (Lipinski definition) is 1. The van der Waals surface area contributed by atoms with Gasteiger partial charge in [-0.1, -0.05) is 67.2 Å². The Hall–Kier alpha value is -0.120. The van der Waals surface area contributed by atoms with Crippen molar-refractivity contribution in [2.24, 2.45) is 0 Å². The summed E-state index contributed by atoms with van der Waals surface area (Å²) in [6.07, 6.45) is 14.2. The van der Waals surface area contributed by atoms with E-state index in [1.165, 1.54) is 61.5 Å². The van der Waals surface area contributed by atoms with Crippen molar-refractivity contribution in [1.82, 2.24) is 4.98 Å². The van der Waals surface area contributed by atoms with Crippen molar-refractivity contribution < 1.29 is 0 Å². The zero-order chi connectivity index (χ0) is 12.2. The van der Waals surface area contributed by atoms with Gasteiger partial charge in [0, 0.05) is 11.9 Å². The highest BCUT2D eigenvalue weighted by molar-refractivity contribution is 14.1. The first-order chi connectivity index (χ1) is 8.43. The zero-order valence-corrected chi connectivity index (χ0v) is 12.9. The van der Waals surface area contributed by atoms with Crippen LogP contribution in [0.5, 0.6) is 0 Å². The van der Waals surface area contributed by atoms with Gasteiger partial charge in [0.15, 0.2) is 0 Å². The van der Waals surface area contributed by atoms with E-state index < -0.39 is 0 Å². The van der Waals surface area contributed by atoms with Crippen molar-refractivity contribution in [3.8, 4) is 0 Å². The molecule has 0 atom stereocenters. The number of aryl methyl sites for hydroxylation is 1. The van der Waals surface area contributed by atoms with Gasteiger partial charge in [-0.3, -0.25) is 4.98 Å². The van der Waals surface area contributed by atoms with E-state index in [1.54, 1.807) is 0 Å². The van der Waals surface area contributed by atoms with Gasteiger partial charge >= 0.3 is 0 Å². The third-order valence-corrected chi connectivity index (χ3v) is 3.81. The molecule has 17 heavy (non-hydrogen) atoms. The van der Waals surface area contributed by atoms with Crippen molar-refractivity contribution in [3.05, 3.63) is 30.1 Å². The molecule has 0 amide bonds. The molecule has 0 saturated carbocycles. The van der Waals surface area contributed by atoms with Crippen LogP contribution in [0, 0.1) is 0 Å². The van der Waals surface area contributed by atoms with E-state index >= 15 is 0 Å². The average Bonchev–Trinajstić information content (AvgIpc) is 2.38. The molecule has 1 rings (SSSR count). The number of nitrogens with zero attached hydrogens (tertiary/aromatic N) is 1. The molecule has 1 aromatic rings. The SMILES string of the molecule is ICCCCCCCCCCc1ccccn1. The van der Waals surface area contributed by atoms with Crippen molar-refractivity contribution in [2.75, 3.05) is 4.43 Å². The third kappa shape index (κ3) is 8.58. The van der Waals surface area contributed by atoms with E-state index in [2.05, 4.69) is 39.7 Å². The lowest BCUT2D eigenvalue weighted by Gasteiger charge is -2.02. The summed E-state index contributed by atoms with van der Waals surface area (Å²) in [5.74, 6) is 0. The Bertz CT molecular complexity index is 261. The fraction of sp³-hybridized carbons (Fsp3) is 0.667. The molecule has 0 saturated heterocycles. The maximum Gasteiger partial charge on any atom is 0.0403 e. The highest BCUT2D eigenvalue weighted by Crippen LogP contribution is 2.10. The van der Waals surface area contributed by atoms with Crippen LogP contribution in [-0.2, 0) is 6.42 Å². The van der Waals surface area contributed by atoms with Gasteiger partial charge in [0.05, 0.1) is 0 Å². The van der Waals surface area contributed by atoms with E-state index in [0.29, 0.717) is 0 Å². The Morgan fingerprint density at radius 3 is 2.06 bits per heavy atom. The van der Waals surface area contributed by atoms with Crippen molar-refractivity contribution in [1.29, 1.82) is 0 Å². The molecule has 0 spiro atoms. The minimum Gasteiger partial charge on any atom is -0.261 e. The maximum absolute atomic E-state index is 4.35. The Kier molecular flexibility index (Phi) is 9.66. The highest BCUT2D eigenvalue weighted by Gasteiger charge is 1.94. The summed E-state index contributed by atoms with van der Waals surface area (Å²) in [7, 11) is 0. The standard InChI is InChI=1S/C15H24IN/c16-13-9-6-4-2-1-3-5-7-11-15-12-8-10-14-17-15/h8,10,12,14H,1-7,9,11,13H2. The van der Waals surface area contributed by atoms with Gasteiger partial charge in [-0.2, -0.15) is 0 Å². The third-order valence-electron chi connectivity index (χ3n) is 3.04. The summed E-state index contributed by atoms with van der Waals surface area (Å²) >= 11 is 2.47. The fourth-order valence-corrected chi connectivity index (χ4v) is 2.55. The van der Waals surface area contributed by atoms with Crippen LogP contribution >= 0.6 is 22.6 Å². The van der Waals surface area contributed by atoms with Crippen molar-refractivity contribution in [2.45, 2.75) is 57.8 Å². The monoisotopic (exact) mass is 345 g/mol. The lowest BCUT2D eigenvalue weighted by atomic mass is 10.1. The van der Waals surface area contributed by atoms with Gasteiger partial charge in [-0.15, -0.1) is 0 Å². The number of hydrogen-bond donors (Lipinski definition) is 0. The largest absolute Gasteiger partial charge is 0.261 e. The Balaban J connectivity index is 1.85. The van der Waals surface area contributed by atoms with Gasteiger partial charge in [-0.05, 0) is 35.8 Å². The van der Waals surface area contributed by atoms with E-state index in [4.69, 9.17) is 0 Å². The second-order valence-corrected chi connectivity index (χ2v) is 5.67.